The summed E-state index contributed by atoms with van der Waals surface area (Å²) in [6, 6.07) is 48.0. The third-order valence-corrected chi connectivity index (χ3v) is 7.28. The Morgan fingerprint density at radius 1 is 0.378 bits per heavy atom. The van der Waals surface area contributed by atoms with Gasteiger partial charge in [-0.3, -0.25) is 0 Å². The van der Waals surface area contributed by atoms with Crippen molar-refractivity contribution >= 4 is 0 Å². The highest BCUT2D eigenvalue weighted by Crippen LogP contribution is 2.34. The van der Waals surface area contributed by atoms with E-state index in [1.165, 1.54) is 55.9 Å². The summed E-state index contributed by atoms with van der Waals surface area (Å²) >= 11 is 0. The lowest BCUT2D eigenvalue weighted by atomic mass is 9.91. The molecule has 2 aromatic heterocycles. The van der Waals surface area contributed by atoms with Gasteiger partial charge < -0.3 is 0 Å². The summed E-state index contributed by atoms with van der Waals surface area (Å²) in [5.41, 5.74) is 12.4. The van der Waals surface area contributed by atoms with Crippen molar-refractivity contribution in [1.82, 2.24) is 0 Å². The Balaban J connectivity index is 1.54. The molecular weight excluding hydrogens is 448 g/mol. The Morgan fingerprint density at radius 2 is 1.00 bits per heavy atom. The zero-order valence-corrected chi connectivity index (χ0v) is 20.5. The number of fused-ring (bicyclic) bond motifs is 7. The average Bonchev–Trinajstić information content (AvgIpc) is 3.02. The van der Waals surface area contributed by atoms with Gasteiger partial charge in [0, 0.05) is 24.3 Å². The molecule has 174 valence electrons. The minimum absolute atomic E-state index is 0.858. The molecule has 0 aliphatic carbocycles. The number of rotatable bonds is 2. The van der Waals surface area contributed by atoms with Crippen LogP contribution in [0, 0.1) is 0 Å². The SMILES string of the molecule is c1ccc(-c2ccc3c(c2)Cc2ccccc2-c2cccc[n+]2-[n+]2ccc(-c4ccccc4)cc2-3)cc1. The Hall–Kier alpha value is -4.82. The van der Waals surface area contributed by atoms with Crippen molar-refractivity contribution in [3.63, 3.8) is 0 Å². The first-order chi connectivity index (χ1) is 18.3. The maximum Gasteiger partial charge on any atom is 0.285 e. The highest BCUT2D eigenvalue weighted by atomic mass is 15.4. The number of aromatic nitrogens is 2. The van der Waals surface area contributed by atoms with Crippen molar-refractivity contribution in [2.75, 3.05) is 0 Å². The molecule has 2 nitrogen and oxygen atoms in total. The molecular formula is C35H26N2+2. The molecule has 0 saturated carbocycles. The highest BCUT2D eigenvalue weighted by molar-refractivity contribution is 5.75. The van der Waals surface area contributed by atoms with Crippen LogP contribution < -0.4 is 9.35 Å². The van der Waals surface area contributed by atoms with Gasteiger partial charge in [-0.15, -0.1) is 0 Å². The lowest BCUT2D eigenvalue weighted by Gasteiger charge is -2.11. The standard InChI is InChI=1S/C35H26N2/c1-3-11-26(12-4-1)28-18-19-33-31(23-28)24-30-15-7-8-16-32(30)34-17-9-10-21-36(34)37-22-20-29(25-35(33)37)27-13-5-2-6-14-27/h1-23,25H,24H2/q+2. The van der Waals surface area contributed by atoms with Crippen LogP contribution in [0.3, 0.4) is 0 Å². The number of hydrogen-bond donors (Lipinski definition) is 0. The fraction of sp³-hybridized carbons (Fsp3) is 0.0286. The molecule has 0 unspecified atom stereocenters. The maximum atomic E-state index is 2.38. The molecule has 0 amide bonds. The van der Waals surface area contributed by atoms with Crippen molar-refractivity contribution in [3.05, 3.63) is 157 Å². The lowest BCUT2D eigenvalue weighted by Crippen LogP contribution is -2.68. The summed E-state index contributed by atoms with van der Waals surface area (Å²) < 4.78 is 4.55. The average molecular weight is 475 g/mol. The Kier molecular flexibility index (Phi) is 5.22. The predicted octanol–water partition coefficient (Wildman–Crippen LogP) is 7.15. The molecule has 4 aromatic carbocycles. The summed E-state index contributed by atoms with van der Waals surface area (Å²) in [7, 11) is 0. The first-order valence-corrected chi connectivity index (χ1v) is 12.7. The van der Waals surface area contributed by atoms with Crippen LogP contribution in [0.5, 0.6) is 0 Å². The molecule has 37 heavy (non-hydrogen) atoms. The van der Waals surface area contributed by atoms with Crippen molar-refractivity contribution in [2.24, 2.45) is 0 Å². The molecule has 1 aliphatic rings. The topological polar surface area (TPSA) is 7.76 Å². The summed E-state index contributed by atoms with van der Waals surface area (Å²) in [5.74, 6) is 0. The smallest absolute Gasteiger partial charge is 0.0622 e. The van der Waals surface area contributed by atoms with Gasteiger partial charge in [-0.1, -0.05) is 84.9 Å². The van der Waals surface area contributed by atoms with Gasteiger partial charge in [0.25, 0.3) is 11.4 Å². The molecule has 3 heterocycles. The van der Waals surface area contributed by atoms with Crippen molar-refractivity contribution < 1.29 is 9.35 Å². The van der Waals surface area contributed by atoms with Gasteiger partial charge in [-0.25, -0.2) is 0 Å². The summed E-state index contributed by atoms with van der Waals surface area (Å²) in [4.78, 5) is 0. The van der Waals surface area contributed by atoms with E-state index >= 15 is 0 Å². The molecule has 0 saturated heterocycles. The fourth-order valence-corrected chi connectivity index (χ4v) is 5.46. The van der Waals surface area contributed by atoms with Gasteiger partial charge in [0.15, 0.2) is 0 Å². The third kappa shape index (κ3) is 3.84. The monoisotopic (exact) mass is 474 g/mol. The molecule has 1 aliphatic heterocycles. The van der Waals surface area contributed by atoms with E-state index in [9.17, 15) is 0 Å². The molecule has 2 heteroatoms. The molecule has 0 atom stereocenters. The van der Waals surface area contributed by atoms with Crippen molar-refractivity contribution in [2.45, 2.75) is 6.42 Å². The summed E-state index contributed by atoms with van der Waals surface area (Å²) in [5, 5.41) is 0. The van der Waals surface area contributed by atoms with Gasteiger partial charge >= 0.3 is 0 Å². The minimum atomic E-state index is 0.858. The lowest BCUT2D eigenvalue weighted by molar-refractivity contribution is -1.29. The number of pyridine rings is 2. The number of nitrogens with zero attached hydrogens (tertiary/aromatic N) is 2. The van der Waals surface area contributed by atoms with Gasteiger partial charge in [0.05, 0.1) is 20.5 Å². The minimum Gasteiger partial charge on any atom is -0.0622 e. The van der Waals surface area contributed by atoms with Crippen LogP contribution in [-0.4, -0.2) is 0 Å². The van der Waals surface area contributed by atoms with Crippen LogP contribution >= 0.6 is 0 Å². The van der Waals surface area contributed by atoms with Gasteiger partial charge in [-0.2, -0.15) is 0 Å². The van der Waals surface area contributed by atoms with Crippen LogP contribution in [-0.2, 0) is 6.42 Å². The van der Waals surface area contributed by atoms with Crippen LogP contribution in [0.25, 0.3) is 44.8 Å². The first-order valence-electron chi connectivity index (χ1n) is 12.7. The van der Waals surface area contributed by atoms with E-state index in [0.717, 1.165) is 6.42 Å². The Morgan fingerprint density at radius 3 is 1.78 bits per heavy atom. The van der Waals surface area contributed by atoms with Crippen molar-refractivity contribution in [1.29, 1.82) is 0 Å². The summed E-state index contributed by atoms with van der Waals surface area (Å²) in [6.07, 6.45) is 5.21. The molecule has 0 N–H and O–H groups in total. The van der Waals surface area contributed by atoms with Gasteiger partial charge in [0.1, 0.15) is 0 Å². The third-order valence-electron chi connectivity index (χ3n) is 7.28. The second-order valence-electron chi connectivity index (χ2n) is 9.51. The molecule has 6 aromatic rings. The second-order valence-corrected chi connectivity index (χ2v) is 9.51. The second kappa shape index (κ2) is 9.00. The van der Waals surface area contributed by atoms with E-state index < -0.39 is 0 Å². The normalized spacial score (nSPS) is 11.7. The van der Waals surface area contributed by atoms with E-state index in [1.807, 2.05) is 0 Å². The molecule has 0 bridgehead atoms. The van der Waals surface area contributed by atoms with E-state index in [4.69, 9.17) is 0 Å². The Labute approximate surface area is 217 Å². The molecule has 0 radical (unpaired) electrons. The predicted molar refractivity (Wildman–Crippen MR) is 149 cm³/mol. The van der Waals surface area contributed by atoms with Gasteiger partial charge in [0.2, 0.25) is 12.4 Å². The van der Waals surface area contributed by atoms with Crippen LogP contribution in [0.15, 0.2) is 146 Å². The fourth-order valence-electron chi connectivity index (χ4n) is 5.46. The first kappa shape index (κ1) is 21.5. The summed E-state index contributed by atoms with van der Waals surface area (Å²) in [6.45, 7) is 0. The molecule has 0 fully saturated rings. The Bertz CT molecular complexity index is 1740. The van der Waals surface area contributed by atoms with E-state index in [-0.39, 0.29) is 0 Å². The van der Waals surface area contributed by atoms with Crippen LogP contribution in [0.2, 0.25) is 0 Å². The zero-order valence-electron chi connectivity index (χ0n) is 20.5. The van der Waals surface area contributed by atoms with E-state index in [2.05, 4.69) is 155 Å². The highest BCUT2D eigenvalue weighted by Gasteiger charge is 2.31. The van der Waals surface area contributed by atoms with Crippen LogP contribution in [0.1, 0.15) is 11.1 Å². The number of benzene rings is 4. The quantitative estimate of drug-likeness (QED) is 0.235. The molecule has 0 spiro atoms. The zero-order chi connectivity index (χ0) is 24.6. The van der Waals surface area contributed by atoms with E-state index in [1.54, 1.807) is 0 Å². The molecule has 7 rings (SSSR count). The maximum absolute atomic E-state index is 2.38. The number of hydrogen-bond acceptors (Lipinski definition) is 0. The largest absolute Gasteiger partial charge is 0.285 e. The van der Waals surface area contributed by atoms with E-state index in [0.29, 0.717) is 0 Å². The van der Waals surface area contributed by atoms with Crippen LogP contribution in [0.4, 0.5) is 0 Å². The van der Waals surface area contributed by atoms with Gasteiger partial charge in [-0.05, 0) is 64.1 Å². The van der Waals surface area contributed by atoms with Crippen molar-refractivity contribution in [3.8, 4) is 44.8 Å².